The van der Waals surface area contributed by atoms with E-state index in [4.69, 9.17) is 0 Å². The maximum Gasteiger partial charge on any atom is -0.0235 e. The maximum absolute atomic E-state index is 2.63. The summed E-state index contributed by atoms with van der Waals surface area (Å²) in [7, 11) is 0. The van der Waals surface area contributed by atoms with Crippen LogP contribution >= 0.6 is 27.6 Å². The lowest BCUT2D eigenvalue weighted by atomic mass is 10.1. The Bertz CT molecular complexity index is 83.6. The zero-order chi connectivity index (χ0) is 8.69. The second-order valence-corrected chi connectivity index (χ2v) is 9.49. The zero-order valence-electron chi connectivity index (χ0n) is 7.94. The molecule has 0 aromatic rings. The van der Waals surface area contributed by atoms with Crippen LogP contribution in [-0.4, -0.2) is 12.3 Å². The summed E-state index contributed by atoms with van der Waals surface area (Å²) in [6, 6.07) is 0. The largest absolute Gasteiger partial charge is 0.0628 e. The highest BCUT2D eigenvalue weighted by Gasteiger charge is 1.99. The molecule has 0 aliphatic carbocycles. The fourth-order valence-electron chi connectivity index (χ4n) is 0.994. The number of hydrogen-bond donors (Lipinski definition) is 0. The molecule has 0 radical (unpaired) electrons. The van der Waals surface area contributed by atoms with Crippen LogP contribution in [-0.2, 0) is 0 Å². The van der Waals surface area contributed by atoms with Gasteiger partial charge < -0.3 is 0 Å². The van der Waals surface area contributed by atoms with E-state index in [0.717, 1.165) is 5.92 Å². The molecule has 11 heavy (non-hydrogen) atoms. The van der Waals surface area contributed by atoms with Gasteiger partial charge in [-0.25, -0.2) is 0 Å². The maximum atomic E-state index is 2.63. The van der Waals surface area contributed by atoms with Crippen molar-refractivity contribution >= 4 is 27.6 Å². The standard InChI is InChI=1S/C9H20IP/c1-4-11(10)8-6-5-7-9(2)3/h9H,4-8H2,1-3H3. The van der Waals surface area contributed by atoms with E-state index in [-0.39, 0.29) is 0 Å². The van der Waals surface area contributed by atoms with Crippen molar-refractivity contribution in [2.45, 2.75) is 40.0 Å². The number of halogens is 1. The lowest BCUT2D eigenvalue weighted by Crippen LogP contribution is -1.88. The molecule has 1 unspecified atom stereocenters. The first-order valence-electron chi connectivity index (χ1n) is 4.57. The molecule has 0 aliphatic rings. The first kappa shape index (κ1) is 12.2. The molecule has 0 fully saturated rings. The second-order valence-electron chi connectivity index (χ2n) is 3.39. The molecule has 0 aromatic carbocycles. The normalized spacial score (nSPS) is 13.9. The van der Waals surface area contributed by atoms with Crippen molar-refractivity contribution in [1.82, 2.24) is 0 Å². The Morgan fingerprint density at radius 1 is 1.27 bits per heavy atom. The minimum atomic E-state index is 0.361. The molecule has 0 rings (SSSR count). The number of unbranched alkanes of at least 4 members (excludes halogenated alkanes) is 1. The van der Waals surface area contributed by atoms with Gasteiger partial charge in [0.15, 0.2) is 0 Å². The van der Waals surface area contributed by atoms with Gasteiger partial charge in [-0.3, -0.25) is 0 Å². The SMILES string of the molecule is CCP(I)CCCCC(C)C. The third-order valence-electron chi connectivity index (χ3n) is 1.78. The zero-order valence-corrected chi connectivity index (χ0v) is 11.0. The van der Waals surface area contributed by atoms with E-state index < -0.39 is 0 Å². The fourth-order valence-corrected chi connectivity index (χ4v) is 2.90. The molecule has 68 valence electrons. The van der Waals surface area contributed by atoms with Gasteiger partial charge in [-0.15, -0.1) is 0 Å². The molecular formula is C9H20IP. The predicted molar refractivity (Wildman–Crippen MR) is 65.0 cm³/mol. The first-order valence-corrected chi connectivity index (χ1v) is 9.07. The van der Waals surface area contributed by atoms with Gasteiger partial charge in [-0.2, -0.15) is 0 Å². The molecule has 1 atom stereocenters. The molecular weight excluding hydrogens is 266 g/mol. The topological polar surface area (TPSA) is 0 Å². The molecule has 0 N–H and O–H groups in total. The van der Waals surface area contributed by atoms with E-state index >= 15 is 0 Å². The van der Waals surface area contributed by atoms with Gasteiger partial charge in [0, 0.05) is 0 Å². The van der Waals surface area contributed by atoms with E-state index in [9.17, 15) is 0 Å². The quantitative estimate of drug-likeness (QED) is 0.378. The highest BCUT2D eigenvalue weighted by Crippen LogP contribution is 2.44. The van der Waals surface area contributed by atoms with Crippen molar-refractivity contribution in [2.24, 2.45) is 5.92 Å². The minimum absolute atomic E-state index is 0.361. The van der Waals surface area contributed by atoms with Crippen molar-refractivity contribution in [1.29, 1.82) is 0 Å². The van der Waals surface area contributed by atoms with Crippen LogP contribution in [0.15, 0.2) is 0 Å². The summed E-state index contributed by atoms with van der Waals surface area (Å²) in [6.45, 7) is 6.93. The average molecular weight is 286 g/mol. The summed E-state index contributed by atoms with van der Waals surface area (Å²) < 4.78 is 0. The van der Waals surface area contributed by atoms with Crippen molar-refractivity contribution in [2.75, 3.05) is 12.3 Å². The van der Waals surface area contributed by atoms with Crippen LogP contribution in [0.3, 0.4) is 0 Å². The van der Waals surface area contributed by atoms with Crippen LogP contribution in [0, 0.1) is 5.92 Å². The molecule has 0 heterocycles. The molecule has 0 amide bonds. The smallest absolute Gasteiger partial charge is 0.0235 e. The fraction of sp³-hybridized carbons (Fsp3) is 1.00. The van der Waals surface area contributed by atoms with Gasteiger partial charge in [0.25, 0.3) is 0 Å². The number of rotatable bonds is 6. The highest BCUT2D eigenvalue weighted by atomic mass is 127. The number of hydrogen-bond acceptors (Lipinski definition) is 0. The van der Waals surface area contributed by atoms with Crippen LogP contribution < -0.4 is 0 Å². The van der Waals surface area contributed by atoms with Crippen molar-refractivity contribution in [3.8, 4) is 0 Å². The van der Waals surface area contributed by atoms with Gasteiger partial charge in [0.2, 0.25) is 0 Å². The van der Waals surface area contributed by atoms with Crippen LogP contribution in [0.1, 0.15) is 40.0 Å². The molecule has 0 nitrogen and oxygen atoms in total. The third kappa shape index (κ3) is 9.07. The average Bonchev–Trinajstić information content (AvgIpc) is 1.97. The molecule has 0 saturated heterocycles. The summed E-state index contributed by atoms with van der Waals surface area (Å²) in [5.41, 5.74) is 0.361. The van der Waals surface area contributed by atoms with E-state index in [1.165, 1.54) is 31.6 Å². The summed E-state index contributed by atoms with van der Waals surface area (Å²) in [6.07, 6.45) is 7.21. The van der Waals surface area contributed by atoms with E-state index in [1.807, 2.05) is 0 Å². The molecule has 0 aliphatic heterocycles. The van der Waals surface area contributed by atoms with Crippen molar-refractivity contribution in [3.63, 3.8) is 0 Å². The Kier molecular flexibility index (Phi) is 8.61. The van der Waals surface area contributed by atoms with Gasteiger partial charge in [0.05, 0.1) is 0 Å². The Morgan fingerprint density at radius 3 is 2.36 bits per heavy atom. The summed E-state index contributed by atoms with van der Waals surface area (Å²) in [5, 5.41) is 0. The van der Waals surface area contributed by atoms with Crippen molar-refractivity contribution in [3.05, 3.63) is 0 Å². The first-order chi connectivity index (χ1) is 5.16. The lowest BCUT2D eigenvalue weighted by Gasteiger charge is -2.07. The molecule has 0 bridgehead atoms. The third-order valence-corrected chi connectivity index (χ3v) is 6.76. The Balaban J connectivity index is 3.01. The van der Waals surface area contributed by atoms with Gasteiger partial charge in [0.1, 0.15) is 0 Å². The second kappa shape index (κ2) is 7.79. The molecule has 2 heteroatoms. The predicted octanol–water partition coefficient (Wildman–Crippen LogP) is 4.66. The summed E-state index contributed by atoms with van der Waals surface area (Å²) in [4.78, 5) is 0. The van der Waals surface area contributed by atoms with Crippen LogP contribution in [0.2, 0.25) is 0 Å². The molecule has 0 spiro atoms. The van der Waals surface area contributed by atoms with E-state index in [0.29, 0.717) is 5.56 Å². The minimum Gasteiger partial charge on any atom is -0.0628 e. The Morgan fingerprint density at radius 2 is 1.91 bits per heavy atom. The monoisotopic (exact) mass is 286 g/mol. The lowest BCUT2D eigenvalue weighted by molar-refractivity contribution is 0.551. The molecule has 0 saturated carbocycles. The van der Waals surface area contributed by atoms with Gasteiger partial charge in [-0.1, -0.05) is 55.7 Å². The van der Waals surface area contributed by atoms with Crippen LogP contribution in [0.25, 0.3) is 0 Å². The summed E-state index contributed by atoms with van der Waals surface area (Å²) in [5.74, 6) is 0.900. The van der Waals surface area contributed by atoms with Crippen LogP contribution in [0.4, 0.5) is 0 Å². The molecule has 0 aromatic heterocycles. The van der Waals surface area contributed by atoms with E-state index in [2.05, 4.69) is 42.8 Å². The van der Waals surface area contributed by atoms with E-state index in [1.54, 1.807) is 0 Å². The van der Waals surface area contributed by atoms with Gasteiger partial charge >= 0.3 is 0 Å². The summed E-state index contributed by atoms with van der Waals surface area (Å²) >= 11 is 2.63. The van der Waals surface area contributed by atoms with Crippen LogP contribution in [0.5, 0.6) is 0 Å². The Hall–Kier alpha value is 1.16. The Labute approximate surface area is 85.8 Å². The highest BCUT2D eigenvalue weighted by molar-refractivity contribution is 14.2. The van der Waals surface area contributed by atoms with Gasteiger partial charge in [-0.05, 0) is 30.2 Å². The van der Waals surface area contributed by atoms with Crippen molar-refractivity contribution < 1.29 is 0 Å².